The summed E-state index contributed by atoms with van der Waals surface area (Å²) in [5, 5.41) is 17.6. The standard InChI is InChI=1S/C14H13F3N4O4/c1-3-25-13(22)9-7-20(2)19-12(9)18-10-5-4-8(14(15,16)17)6-11(10)21(23)24/h4-7H,3H2,1-2H3,(H,18,19). The fraction of sp³-hybridized carbons (Fsp3) is 0.286. The zero-order valence-electron chi connectivity index (χ0n) is 13.1. The number of nitrogens with zero attached hydrogens (tertiary/aromatic N) is 3. The first kappa shape index (κ1) is 18.2. The van der Waals surface area contributed by atoms with Gasteiger partial charge in [0.05, 0.1) is 17.1 Å². The summed E-state index contributed by atoms with van der Waals surface area (Å²) >= 11 is 0. The van der Waals surface area contributed by atoms with Crippen LogP contribution in [0.4, 0.5) is 30.4 Å². The summed E-state index contributed by atoms with van der Waals surface area (Å²) in [5.74, 6) is -0.781. The number of ether oxygens (including phenoxy) is 1. The first-order valence-corrected chi connectivity index (χ1v) is 6.97. The van der Waals surface area contributed by atoms with Crippen LogP contribution in [0.5, 0.6) is 0 Å². The molecule has 0 unspecified atom stereocenters. The van der Waals surface area contributed by atoms with Crippen molar-refractivity contribution in [2.24, 2.45) is 7.05 Å². The fourth-order valence-corrected chi connectivity index (χ4v) is 2.03. The number of anilines is 2. The van der Waals surface area contributed by atoms with Gasteiger partial charge in [-0.15, -0.1) is 0 Å². The second-order valence-electron chi connectivity index (χ2n) is 4.90. The van der Waals surface area contributed by atoms with Gasteiger partial charge in [0.25, 0.3) is 5.69 Å². The molecule has 8 nitrogen and oxygen atoms in total. The van der Waals surface area contributed by atoms with Gasteiger partial charge in [-0.2, -0.15) is 18.3 Å². The molecule has 1 N–H and O–H groups in total. The number of alkyl halides is 3. The minimum atomic E-state index is -4.72. The lowest BCUT2D eigenvalue weighted by Crippen LogP contribution is -2.09. The number of carbonyl (C=O) groups is 1. The molecule has 1 heterocycles. The Kier molecular flexibility index (Phi) is 4.95. The Morgan fingerprint density at radius 2 is 2.12 bits per heavy atom. The minimum Gasteiger partial charge on any atom is -0.462 e. The van der Waals surface area contributed by atoms with Crippen LogP contribution < -0.4 is 5.32 Å². The predicted octanol–water partition coefficient (Wildman–Crippen LogP) is 3.27. The highest BCUT2D eigenvalue weighted by Crippen LogP contribution is 2.36. The van der Waals surface area contributed by atoms with Crippen molar-refractivity contribution in [3.63, 3.8) is 0 Å². The number of hydrogen-bond acceptors (Lipinski definition) is 6. The normalized spacial score (nSPS) is 11.2. The van der Waals surface area contributed by atoms with Crippen LogP contribution in [0.25, 0.3) is 0 Å². The molecular formula is C14H13F3N4O4. The van der Waals surface area contributed by atoms with Crippen LogP contribution in [0.3, 0.4) is 0 Å². The van der Waals surface area contributed by atoms with Crippen LogP contribution in [-0.2, 0) is 18.0 Å². The molecule has 0 aliphatic carbocycles. The van der Waals surface area contributed by atoms with Gasteiger partial charge in [-0.25, -0.2) is 4.79 Å². The van der Waals surface area contributed by atoms with E-state index in [1.807, 2.05) is 0 Å². The molecule has 0 aliphatic heterocycles. The molecule has 2 rings (SSSR count). The number of aromatic nitrogens is 2. The number of nitro benzene ring substituents is 1. The number of nitro groups is 1. The molecule has 1 aromatic carbocycles. The van der Waals surface area contributed by atoms with Crippen molar-refractivity contribution in [3.05, 3.63) is 45.6 Å². The van der Waals surface area contributed by atoms with Crippen molar-refractivity contribution in [1.82, 2.24) is 9.78 Å². The molecule has 0 bridgehead atoms. The summed E-state index contributed by atoms with van der Waals surface area (Å²) in [6.07, 6.45) is -3.39. The summed E-state index contributed by atoms with van der Waals surface area (Å²) in [6, 6.07) is 2.02. The lowest BCUT2D eigenvalue weighted by Gasteiger charge is -2.10. The predicted molar refractivity (Wildman–Crippen MR) is 80.5 cm³/mol. The highest BCUT2D eigenvalue weighted by Gasteiger charge is 2.33. The van der Waals surface area contributed by atoms with Gasteiger partial charge in [-0.05, 0) is 19.1 Å². The number of rotatable bonds is 5. The van der Waals surface area contributed by atoms with E-state index >= 15 is 0 Å². The molecule has 0 fully saturated rings. The molecule has 0 aliphatic rings. The monoisotopic (exact) mass is 358 g/mol. The van der Waals surface area contributed by atoms with E-state index in [0.29, 0.717) is 12.1 Å². The van der Waals surface area contributed by atoms with Crippen molar-refractivity contribution >= 4 is 23.2 Å². The van der Waals surface area contributed by atoms with Crippen LogP contribution in [-0.4, -0.2) is 27.3 Å². The number of esters is 1. The zero-order valence-corrected chi connectivity index (χ0v) is 13.1. The molecule has 1 aromatic heterocycles. The van der Waals surface area contributed by atoms with Crippen LogP contribution in [0, 0.1) is 10.1 Å². The van der Waals surface area contributed by atoms with E-state index in [1.165, 1.54) is 17.9 Å². The quantitative estimate of drug-likeness (QED) is 0.500. The molecular weight excluding hydrogens is 345 g/mol. The van der Waals surface area contributed by atoms with E-state index in [1.54, 1.807) is 6.92 Å². The first-order valence-electron chi connectivity index (χ1n) is 6.97. The van der Waals surface area contributed by atoms with Gasteiger partial charge >= 0.3 is 12.1 Å². The molecule has 0 radical (unpaired) electrons. The van der Waals surface area contributed by atoms with Crippen molar-refractivity contribution in [2.45, 2.75) is 13.1 Å². The fourth-order valence-electron chi connectivity index (χ4n) is 2.03. The molecule has 25 heavy (non-hydrogen) atoms. The Morgan fingerprint density at radius 1 is 1.44 bits per heavy atom. The highest BCUT2D eigenvalue weighted by molar-refractivity contribution is 5.95. The third-order valence-electron chi connectivity index (χ3n) is 3.10. The Labute approximate surface area is 139 Å². The van der Waals surface area contributed by atoms with Crippen LogP contribution >= 0.6 is 0 Å². The van der Waals surface area contributed by atoms with E-state index in [4.69, 9.17) is 4.74 Å². The number of nitrogens with one attached hydrogen (secondary N) is 1. The SMILES string of the molecule is CCOC(=O)c1cn(C)nc1Nc1ccc(C(F)(F)F)cc1[N+](=O)[O-]. The number of aryl methyl sites for hydroxylation is 1. The van der Waals surface area contributed by atoms with Crippen molar-refractivity contribution < 1.29 is 27.6 Å². The van der Waals surface area contributed by atoms with Crippen LogP contribution in [0.1, 0.15) is 22.8 Å². The Bertz CT molecular complexity index is 817. The van der Waals surface area contributed by atoms with E-state index in [0.717, 1.165) is 6.07 Å². The van der Waals surface area contributed by atoms with Gasteiger partial charge in [-0.3, -0.25) is 14.8 Å². The van der Waals surface area contributed by atoms with E-state index in [9.17, 15) is 28.1 Å². The van der Waals surface area contributed by atoms with Crippen molar-refractivity contribution in [1.29, 1.82) is 0 Å². The summed E-state index contributed by atoms with van der Waals surface area (Å²) < 4.78 is 44.3. The van der Waals surface area contributed by atoms with E-state index < -0.39 is 28.3 Å². The third kappa shape index (κ3) is 4.05. The largest absolute Gasteiger partial charge is 0.462 e. The summed E-state index contributed by atoms with van der Waals surface area (Å²) in [6.45, 7) is 1.70. The number of halogens is 3. The van der Waals surface area contributed by atoms with Crippen LogP contribution in [0.2, 0.25) is 0 Å². The highest BCUT2D eigenvalue weighted by atomic mass is 19.4. The van der Waals surface area contributed by atoms with E-state index in [2.05, 4.69) is 10.4 Å². The molecule has 2 aromatic rings. The minimum absolute atomic E-state index is 0.00135. The molecule has 134 valence electrons. The second-order valence-corrected chi connectivity index (χ2v) is 4.90. The van der Waals surface area contributed by atoms with Crippen LogP contribution in [0.15, 0.2) is 24.4 Å². The number of hydrogen-bond donors (Lipinski definition) is 1. The molecule has 0 spiro atoms. The second kappa shape index (κ2) is 6.79. The van der Waals surface area contributed by atoms with E-state index in [-0.39, 0.29) is 23.7 Å². The first-order chi connectivity index (χ1) is 11.6. The number of carbonyl (C=O) groups excluding carboxylic acids is 1. The van der Waals surface area contributed by atoms with Gasteiger partial charge in [-0.1, -0.05) is 0 Å². The molecule has 11 heteroatoms. The maximum absolute atomic E-state index is 12.7. The average Bonchev–Trinajstić information content (AvgIpc) is 2.87. The summed E-state index contributed by atoms with van der Waals surface area (Å²) in [7, 11) is 1.51. The maximum Gasteiger partial charge on any atom is 0.416 e. The maximum atomic E-state index is 12.7. The Morgan fingerprint density at radius 3 is 2.68 bits per heavy atom. The molecule has 0 saturated heterocycles. The molecule has 0 atom stereocenters. The van der Waals surface area contributed by atoms with Gasteiger partial charge in [0, 0.05) is 19.3 Å². The lowest BCUT2D eigenvalue weighted by molar-refractivity contribution is -0.384. The Balaban J connectivity index is 2.44. The van der Waals surface area contributed by atoms with Crippen molar-refractivity contribution in [3.8, 4) is 0 Å². The average molecular weight is 358 g/mol. The smallest absolute Gasteiger partial charge is 0.416 e. The van der Waals surface area contributed by atoms with Gasteiger partial charge in [0.1, 0.15) is 11.3 Å². The van der Waals surface area contributed by atoms with Gasteiger partial charge in [0.15, 0.2) is 5.82 Å². The molecule has 0 amide bonds. The van der Waals surface area contributed by atoms with Gasteiger partial charge < -0.3 is 10.1 Å². The summed E-state index contributed by atoms with van der Waals surface area (Å²) in [5.41, 5.74) is -2.19. The van der Waals surface area contributed by atoms with Crippen molar-refractivity contribution in [2.75, 3.05) is 11.9 Å². The molecule has 0 saturated carbocycles. The number of benzene rings is 1. The lowest BCUT2D eigenvalue weighted by atomic mass is 10.1. The third-order valence-corrected chi connectivity index (χ3v) is 3.10. The zero-order chi connectivity index (χ0) is 18.8. The topological polar surface area (TPSA) is 99.3 Å². The summed E-state index contributed by atoms with van der Waals surface area (Å²) in [4.78, 5) is 22.0. The Hall–Kier alpha value is -3.11. The van der Waals surface area contributed by atoms with Gasteiger partial charge in [0.2, 0.25) is 0 Å².